The Morgan fingerprint density at radius 2 is 1.72 bits per heavy atom. The molecule has 1 aromatic heterocycles. The van der Waals surface area contributed by atoms with Crippen LogP contribution in [-0.4, -0.2) is 21.8 Å². The summed E-state index contributed by atoms with van der Waals surface area (Å²) in [6, 6.07) is 9.85. The SMILES string of the molecule is C/C(=N/NC(=O)c1n[nH]c(=O)c2ccccc12)c1c(F)cccc1F. The molecule has 1 amide bonds. The zero-order valence-corrected chi connectivity index (χ0v) is 13.0. The van der Waals surface area contributed by atoms with Gasteiger partial charge in [-0.05, 0) is 25.1 Å². The number of rotatable bonds is 3. The number of amides is 1. The molecule has 126 valence electrons. The van der Waals surface area contributed by atoms with Crippen molar-refractivity contribution in [1.29, 1.82) is 0 Å². The van der Waals surface area contributed by atoms with Crippen molar-refractivity contribution in [2.75, 3.05) is 0 Å². The molecule has 8 heteroatoms. The lowest BCUT2D eigenvalue weighted by atomic mass is 10.1. The summed E-state index contributed by atoms with van der Waals surface area (Å²) < 4.78 is 27.4. The number of hydrogen-bond donors (Lipinski definition) is 2. The monoisotopic (exact) mass is 342 g/mol. The van der Waals surface area contributed by atoms with Crippen LogP contribution in [0.15, 0.2) is 52.4 Å². The van der Waals surface area contributed by atoms with Crippen molar-refractivity contribution in [3.05, 3.63) is 75.7 Å². The van der Waals surface area contributed by atoms with Gasteiger partial charge in [-0.25, -0.2) is 19.3 Å². The van der Waals surface area contributed by atoms with Crippen LogP contribution in [0.25, 0.3) is 10.8 Å². The Bertz CT molecular complexity index is 1040. The van der Waals surface area contributed by atoms with Gasteiger partial charge in [0.25, 0.3) is 11.5 Å². The first kappa shape index (κ1) is 16.4. The molecule has 0 saturated heterocycles. The van der Waals surface area contributed by atoms with E-state index in [0.29, 0.717) is 10.8 Å². The number of carbonyl (C=O) groups is 1. The van der Waals surface area contributed by atoms with Crippen LogP contribution in [0.3, 0.4) is 0 Å². The van der Waals surface area contributed by atoms with Crippen molar-refractivity contribution in [3.63, 3.8) is 0 Å². The molecule has 2 aromatic carbocycles. The third-order valence-corrected chi connectivity index (χ3v) is 3.56. The highest BCUT2D eigenvalue weighted by atomic mass is 19.1. The van der Waals surface area contributed by atoms with Crippen molar-refractivity contribution in [2.45, 2.75) is 6.92 Å². The van der Waals surface area contributed by atoms with Gasteiger partial charge in [0.05, 0.1) is 16.7 Å². The Morgan fingerprint density at radius 1 is 1.08 bits per heavy atom. The number of aromatic nitrogens is 2. The number of nitrogens with zero attached hydrogens (tertiary/aromatic N) is 2. The van der Waals surface area contributed by atoms with Gasteiger partial charge in [0.2, 0.25) is 0 Å². The number of nitrogens with one attached hydrogen (secondary N) is 2. The molecule has 0 atom stereocenters. The minimum Gasteiger partial charge on any atom is -0.267 e. The Kier molecular flexibility index (Phi) is 4.34. The molecule has 0 saturated carbocycles. The summed E-state index contributed by atoms with van der Waals surface area (Å²) >= 11 is 0. The van der Waals surface area contributed by atoms with Crippen LogP contribution < -0.4 is 11.0 Å². The van der Waals surface area contributed by atoms with E-state index < -0.39 is 23.1 Å². The smallest absolute Gasteiger partial charge is 0.267 e. The predicted molar refractivity (Wildman–Crippen MR) is 88.4 cm³/mol. The summed E-state index contributed by atoms with van der Waals surface area (Å²) in [7, 11) is 0. The fourth-order valence-electron chi connectivity index (χ4n) is 2.37. The second kappa shape index (κ2) is 6.60. The Labute approximate surface area is 140 Å². The van der Waals surface area contributed by atoms with E-state index in [1.165, 1.54) is 13.0 Å². The van der Waals surface area contributed by atoms with Crippen LogP contribution in [-0.2, 0) is 0 Å². The first-order chi connectivity index (χ1) is 12.0. The van der Waals surface area contributed by atoms with Gasteiger partial charge in [0.1, 0.15) is 11.6 Å². The standard InChI is InChI=1S/C17H12F2N4O2/c1-9(14-12(18)7-4-8-13(14)19)20-23-17(25)15-10-5-2-3-6-11(10)16(24)22-21-15/h2-8H,1H3,(H,22,24)(H,23,25)/b20-9-. The quantitative estimate of drug-likeness (QED) is 0.566. The van der Waals surface area contributed by atoms with Crippen LogP contribution in [0, 0.1) is 11.6 Å². The number of aromatic amines is 1. The lowest BCUT2D eigenvalue weighted by molar-refractivity contribution is 0.0950. The average Bonchev–Trinajstić information content (AvgIpc) is 2.60. The number of hydrogen-bond acceptors (Lipinski definition) is 4. The lowest BCUT2D eigenvalue weighted by Crippen LogP contribution is -2.24. The molecular formula is C17H12F2N4O2. The number of halogens is 2. The van der Waals surface area contributed by atoms with E-state index in [1.54, 1.807) is 24.3 Å². The van der Waals surface area contributed by atoms with Gasteiger partial charge in [0, 0.05) is 5.39 Å². The summed E-state index contributed by atoms with van der Waals surface area (Å²) in [4.78, 5) is 24.0. The van der Waals surface area contributed by atoms with E-state index >= 15 is 0 Å². The van der Waals surface area contributed by atoms with Crippen molar-refractivity contribution >= 4 is 22.4 Å². The largest absolute Gasteiger partial charge is 0.292 e. The van der Waals surface area contributed by atoms with Gasteiger partial charge in [-0.15, -0.1) is 0 Å². The number of carbonyl (C=O) groups excluding carboxylic acids is 1. The Morgan fingerprint density at radius 3 is 2.40 bits per heavy atom. The zero-order valence-electron chi connectivity index (χ0n) is 13.0. The first-order valence-electron chi connectivity index (χ1n) is 7.25. The maximum absolute atomic E-state index is 13.7. The van der Waals surface area contributed by atoms with Gasteiger partial charge < -0.3 is 0 Å². The Hall–Kier alpha value is -3.42. The molecule has 0 aliphatic carbocycles. The summed E-state index contributed by atoms with van der Waals surface area (Å²) in [5, 5.41) is 10.3. The molecule has 6 nitrogen and oxygen atoms in total. The fourth-order valence-corrected chi connectivity index (χ4v) is 2.37. The third kappa shape index (κ3) is 3.14. The molecule has 0 aliphatic heterocycles. The van der Waals surface area contributed by atoms with Crippen LogP contribution >= 0.6 is 0 Å². The first-order valence-corrected chi connectivity index (χ1v) is 7.25. The molecule has 0 radical (unpaired) electrons. The van der Waals surface area contributed by atoms with E-state index in [1.807, 2.05) is 0 Å². The number of fused-ring (bicyclic) bond motifs is 1. The maximum atomic E-state index is 13.7. The molecule has 2 N–H and O–H groups in total. The summed E-state index contributed by atoms with van der Waals surface area (Å²) in [6.07, 6.45) is 0. The van der Waals surface area contributed by atoms with E-state index in [9.17, 15) is 18.4 Å². The van der Waals surface area contributed by atoms with E-state index in [-0.39, 0.29) is 17.0 Å². The van der Waals surface area contributed by atoms with Gasteiger partial charge in [0.15, 0.2) is 5.69 Å². The zero-order chi connectivity index (χ0) is 18.0. The summed E-state index contributed by atoms with van der Waals surface area (Å²) in [5.74, 6) is -2.30. The molecule has 0 aliphatic rings. The molecule has 3 rings (SSSR count). The van der Waals surface area contributed by atoms with Crippen LogP contribution in [0.1, 0.15) is 23.0 Å². The molecule has 0 fully saturated rings. The number of hydrazone groups is 1. The minimum atomic E-state index is -0.789. The maximum Gasteiger partial charge on any atom is 0.292 e. The second-order valence-corrected chi connectivity index (χ2v) is 5.18. The highest BCUT2D eigenvalue weighted by molar-refractivity contribution is 6.06. The topological polar surface area (TPSA) is 87.2 Å². The Balaban J connectivity index is 1.94. The summed E-state index contributed by atoms with van der Waals surface area (Å²) in [5.41, 5.74) is 1.33. The third-order valence-electron chi connectivity index (χ3n) is 3.56. The van der Waals surface area contributed by atoms with Gasteiger partial charge in [-0.2, -0.15) is 10.2 Å². The predicted octanol–water partition coefficient (Wildman–Crippen LogP) is 2.36. The molecule has 25 heavy (non-hydrogen) atoms. The van der Waals surface area contributed by atoms with Gasteiger partial charge in [-0.3, -0.25) is 9.59 Å². The van der Waals surface area contributed by atoms with Crippen LogP contribution in [0.4, 0.5) is 8.78 Å². The highest BCUT2D eigenvalue weighted by Gasteiger charge is 2.15. The van der Waals surface area contributed by atoms with Crippen LogP contribution in [0.2, 0.25) is 0 Å². The second-order valence-electron chi connectivity index (χ2n) is 5.18. The van der Waals surface area contributed by atoms with Gasteiger partial charge in [-0.1, -0.05) is 24.3 Å². The van der Waals surface area contributed by atoms with Crippen LogP contribution in [0.5, 0.6) is 0 Å². The van der Waals surface area contributed by atoms with E-state index in [0.717, 1.165) is 12.1 Å². The van der Waals surface area contributed by atoms with Crippen molar-refractivity contribution in [2.24, 2.45) is 5.10 Å². The van der Waals surface area contributed by atoms with E-state index in [2.05, 4.69) is 20.7 Å². The average molecular weight is 342 g/mol. The van der Waals surface area contributed by atoms with Crippen molar-refractivity contribution < 1.29 is 13.6 Å². The number of benzene rings is 2. The fraction of sp³-hybridized carbons (Fsp3) is 0.0588. The summed E-state index contributed by atoms with van der Waals surface area (Å²) in [6.45, 7) is 1.36. The van der Waals surface area contributed by atoms with E-state index in [4.69, 9.17) is 0 Å². The normalized spacial score (nSPS) is 11.6. The molecule has 0 bridgehead atoms. The van der Waals surface area contributed by atoms with Crippen molar-refractivity contribution in [1.82, 2.24) is 15.6 Å². The highest BCUT2D eigenvalue weighted by Crippen LogP contribution is 2.14. The molecular weight excluding hydrogens is 330 g/mol. The minimum absolute atomic E-state index is 0.0438. The number of H-pyrrole nitrogens is 1. The molecule has 0 unspecified atom stereocenters. The van der Waals surface area contributed by atoms with Crippen molar-refractivity contribution in [3.8, 4) is 0 Å². The van der Waals surface area contributed by atoms with Gasteiger partial charge >= 0.3 is 0 Å². The molecule has 1 heterocycles. The lowest BCUT2D eigenvalue weighted by Gasteiger charge is -2.06. The molecule has 3 aromatic rings. The molecule has 0 spiro atoms.